The first-order chi connectivity index (χ1) is 16.3. The van der Waals surface area contributed by atoms with Crippen LogP contribution in [0.1, 0.15) is 28.4 Å². The largest absolute Gasteiger partial charge is 0.379 e. The molecule has 0 bridgehead atoms. The lowest BCUT2D eigenvalue weighted by atomic mass is 10.1. The number of likely N-dealkylation sites (N-methyl/N-ethyl adjacent to an activating group) is 1. The van der Waals surface area contributed by atoms with E-state index >= 15 is 0 Å². The number of hydrogen-bond acceptors (Lipinski definition) is 6. The Bertz CT molecular complexity index is 1140. The van der Waals surface area contributed by atoms with E-state index in [-0.39, 0.29) is 10.8 Å². The van der Waals surface area contributed by atoms with Gasteiger partial charge in [0.05, 0.1) is 18.1 Å². The fourth-order valence-electron chi connectivity index (χ4n) is 4.49. The molecule has 2 saturated heterocycles. The molecule has 2 fully saturated rings. The van der Waals surface area contributed by atoms with E-state index in [0.29, 0.717) is 49.5 Å². The number of ether oxygens (including phenoxy) is 1. The highest BCUT2D eigenvalue weighted by Crippen LogP contribution is 2.26. The molecule has 0 aromatic heterocycles. The Morgan fingerprint density at radius 1 is 1.00 bits per heavy atom. The van der Waals surface area contributed by atoms with Gasteiger partial charge in [0.15, 0.2) is 0 Å². The summed E-state index contributed by atoms with van der Waals surface area (Å²) in [6.45, 7) is 9.38. The fourth-order valence-corrected chi connectivity index (χ4v) is 6.22. The zero-order valence-electron chi connectivity index (χ0n) is 20.2. The van der Waals surface area contributed by atoms with Crippen molar-refractivity contribution >= 4 is 27.3 Å². The first kappa shape index (κ1) is 24.7. The van der Waals surface area contributed by atoms with Gasteiger partial charge in [-0.15, -0.1) is 0 Å². The Hall–Kier alpha value is -2.46. The van der Waals surface area contributed by atoms with Crippen molar-refractivity contribution in [1.29, 1.82) is 0 Å². The second-order valence-corrected chi connectivity index (χ2v) is 10.8. The Morgan fingerprint density at radius 3 is 2.35 bits per heavy atom. The maximum absolute atomic E-state index is 13.3. The summed E-state index contributed by atoms with van der Waals surface area (Å²) in [6.07, 6.45) is 0.563. The van der Waals surface area contributed by atoms with E-state index in [0.717, 1.165) is 31.7 Å². The second kappa shape index (κ2) is 10.4. The summed E-state index contributed by atoms with van der Waals surface area (Å²) in [6, 6.07) is 10.9. The summed E-state index contributed by atoms with van der Waals surface area (Å²) in [5, 5.41) is 2.94. The lowest BCUT2D eigenvalue weighted by Crippen LogP contribution is -2.44. The average molecular weight is 487 g/mol. The van der Waals surface area contributed by atoms with Gasteiger partial charge in [0.2, 0.25) is 10.0 Å². The van der Waals surface area contributed by atoms with Crippen LogP contribution in [0.25, 0.3) is 0 Å². The van der Waals surface area contributed by atoms with Gasteiger partial charge >= 0.3 is 0 Å². The minimum atomic E-state index is -3.70. The second-order valence-electron chi connectivity index (χ2n) is 8.94. The molecule has 2 aliphatic rings. The molecule has 2 heterocycles. The SMILES string of the molecule is CCc1ccc(C(=O)Nc2ccc(N3CCN(C)CC3)c(C)c2)cc1S(=O)(=O)N1CCOCC1. The van der Waals surface area contributed by atoms with Crippen molar-refractivity contribution in [3.63, 3.8) is 0 Å². The minimum absolute atomic E-state index is 0.200. The lowest BCUT2D eigenvalue weighted by Gasteiger charge is -2.35. The number of amides is 1. The molecule has 4 rings (SSSR count). The van der Waals surface area contributed by atoms with Crippen LogP contribution in [0.15, 0.2) is 41.3 Å². The van der Waals surface area contributed by atoms with Gasteiger partial charge in [-0.2, -0.15) is 4.31 Å². The number of anilines is 2. The van der Waals surface area contributed by atoms with Crippen LogP contribution >= 0.6 is 0 Å². The summed E-state index contributed by atoms with van der Waals surface area (Å²) in [5.74, 6) is -0.326. The molecule has 1 amide bonds. The summed E-state index contributed by atoms with van der Waals surface area (Å²) in [4.78, 5) is 17.9. The third-order valence-corrected chi connectivity index (χ3v) is 8.58. The highest BCUT2D eigenvalue weighted by molar-refractivity contribution is 7.89. The number of nitrogens with one attached hydrogen (secondary N) is 1. The molecule has 0 saturated carbocycles. The number of morpholine rings is 1. The van der Waals surface area contributed by atoms with Crippen molar-refractivity contribution < 1.29 is 17.9 Å². The first-order valence-electron chi connectivity index (χ1n) is 11.9. The number of hydrogen-bond donors (Lipinski definition) is 1. The average Bonchev–Trinajstić information content (AvgIpc) is 2.85. The highest BCUT2D eigenvalue weighted by atomic mass is 32.2. The van der Waals surface area contributed by atoms with E-state index in [1.165, 1.54) is 16.1 Å². The van der Waals surface area contributed by atoms with E-state index in [2.05, 4.69) is 22.2 Å². The number of benzene rings is 2. The molecule has 34 heavy (non-hydrogen) atoms. The summed E-state index contributed by atoms with van der Waals surface area (Å²) in [5.41, 5.74) is 3.99. The van der Waals surface area contributed by atoms with Crippen molar-refractivity contribution in [2.24, 2.45) is 0 Å². The highest BCUT2D eigenvalue weighted by Gasteiger charge is 2.29. The van der Waals surface area contributed by atoms with Gasteiger partial charge in [0, 0.05) is 56.2 Å². The molecule has 0 atom stereocenters. The van der Waals surface area contributed by atoms with Crippen LogP contribution in [0.3, 0.4) is 0 Å². The standard InChI is InChI=1S/C25H34N4O4S/c1-4-20-5-6-21(18-24(20)34(31,32)29-13-15-33-16-14-29)25(30)26-22-7-8-23(19(2)17-22)28-11-9-27(3)10-12-28/h5-8,17-18H,4,9-16H2,1-3H3,(H,26,30). The van der Waals surface area contributed by atoms with Crippen molar-refractivity contribution in [3.05, 3.63) is 53.1 Å². The maximum Gasteiger partial charge on any atom is 0.255 e. The smallest absolute Gasteiger partial charge is 0.255 e. The predicted octanol–water partition coefficient (Wildman–Crippen LogP) is 2.58. The summed E-state index contributed by atoms with van der Waals surface area (Å²) < 4.78 is 33.3. The Kier molecular flexibility index (Phi) is 7.57. The maximum atomic E-state index is 13.3. The van der Waals surface area contributed by atoms with Crippen LogP contribution in [0.2, 0.25) is 0 Å². The topological polar surface area (TPSA) is 82.2 Å². The lowest BCUT2D eigenvalue weighted by molar-refractivity contribution is 0.0730. The molecule has 0 radical (unpaired) electrons. The molecule has 2 aromatic carbocycles. The fraction of sp³-hybridized carbons (Fsp3) is 0.480. The van der Waals surface area contributed by atoms with Gasteiger partial charge in [-0.3, -0.25) is 4.79 Å². The van der Waals surface area contributed by atoms with Crippen molar-refractivity contribution in [1.82, 2.24) is 9.21 Å². The van der Waals surface area contributed by atoms with Gasteiger partial charge in [0.1, 0.15) is 0 Å². The Morgan fingerprint density at radius 2 is 1.71 bits per heavy atom. The zero-order chi connectivity index (χ0) is 24.3. The van der Waals surface area contributed by atoms with Crippen LogP contribution in [-0.2, 0) is 21.2 Å². The van der Waals surface area contributed by atoms with Crippen LogP contribution in [0.5, 0.6) is 0 Å². The number of sulfonamides is 1. The number of aryl methyl sites for hydroxylation is 2. The zero-order valence-corrected chi connectivity index (χ0v) is 21.0. The molecular weight excluding hydrogens is 452 g/mol. The molecule has 184 valence electrons. The van der Waals surface area contributed by atoms with E-state index < -0.39 is 10.0 Å². The number of nitrogens with zero attached hydrogens (tertiary/aromatic N) is 3. The molecule has 9 heteroatoms. The van der Waals surface area contributed by atoms with E-state index in [1.807, 2.05) is 32.0 Å². The number of carbonyl (C=O) groups excluding carboxylic acids is 1. The van der Waals surface area contributed by atoms with E-state index in [4.69, 9.17) is 4.74 Å². The number of rotatable bonds is 6. The van der Waals surface area contributed by atoms with Crippen LogP contribution in [-0.4, -0.2) is 83.1 Å². The van der Waals surface area contributed by atoms with Crippen LogP contribution < -0.4 is 10.2 Å². The molecule has 1 N–H and O–H groups in total. The Balaban J connectivity index is 1.53. The number of carbonyl (C=O) groups is 1. The normalized spacial score (nSPS) is 18.1. The van der Waals surface area contributed by atoms with Gasteiger partial charge in [-0.1, -0.05) is 13.0 Å². The third kappa shape index (κ3) is 5.27. The molecule has 0 aliphatic carbocycles. The van der Waals surface area contributed by atoms with Crippen LogP contribution in [0.4, 0.5) is 11.4 Å². The molecule has 0 spiro atoms. The van der Waals surface area contributed by atoms with Crippen molar-refractivity contribution in [3.8, 4) is 0 Å². The molecular formula is C25H34N4O4S. The minimum Gasteiger partial charge on any atom is -0.379 e. The van der Waals surface area contributed by atoms with Crippen molar-refractivity contribution in [2.45, 2.75) is 25.2 Å². The summed E-state index contributed by atoms with van der Waals surface area (Å²) >= 11 is 0. The van der Waals surface area contributed by atoms with Gasteiger partial charge < -0.3 is 19.9 Å². The van der Waals surface area contributed by atoms with Gasteiger partial charge in [0.25, 0.3) is 5.91 Å². The molecule has 2 aromatic rings. The summed E-state index contributed by atoms with van der Waals surface area (Å²) in [7, 11) is -1.57. The Labute approximate surface area is 202 Å². The first-order valence-corrected chi connectivity index (χ1v) is 13.3. The van der Waals surface area contributed by atoms with E-state index in [9.17, 15) is 13.2 Å². The van der Waals surface area contributed by atoms with Gasteiger partial charge in [-0.25, -0.2) is 8.42 Å². The third-order valence-electron chi connectivity index (χ3n) is 6.60. The number of piperazine rings is 1. The predicted molar refractivity (Wildman–Crippen MR) is 134 cm³/mol. The molecule has 8 nitrogen and oxygen atoms in total. The van der Waals surface area contributed by atoms with Gasteiger partial charge in [-0.05, 0) is 61.9 Å². The monoisotopic (exact) mass is 486 g/mol. The van der Waals surface area contributed by atoms with Crippen LogP contribution in [0, 0.1) is 6.92 Å². The quantitative estimate of drug-likeness (QED) is 0.676. The molecule has 0 unspecified atom stereocenters. The molecule has 2 aliphatic heterocycles. The van der Waals surface area contributed by atoms with Crippen molar-refractivity contribution in [2.75, 3.05) is 69.7 Å². The van der Waals surface area contributed by atoms with E-state index in [1.54, 1.807) is 12.1 Å².